The minimum Gasteiger partial charge on any atom is -0.471 e. The number of nitrogens with zero attached hydrogens (tertiary/aromatic N) is 5. The van der Waals surface area contributed by atoms with E-state index in [0.29, 0.717) is 17.3 Å². The predicted molar refractivity (Wildman–Crippen MR) is 113 cm³/mol. The molecule has 2 heterocycles. The first-order chi connectivity index (χ1) is 15.0. The van der Waals surface area contributed by atoms with Crippen LogP contribution in [0.15, 0.2) is 61.1 Å². The molecule has 31 heavy (non-hydrogen) atoms. The minimum absolute atomic E-state index is 0.0138. The van der Waals surface area contributed by atoms with Crippen LogP contribution < -0.4 is 10.1 Å². The Kier molecular flexibility index (Phi) is 6.15. The van der Waals surface area contributed by atoms with Crippen molar-refractivity contribution in [2.24, 2.45) is 0 Å². The molecule has 0 radical (unpaired) electrons. The Hall–Kier alpha value is -3.43. The molecular formula is C20H15Cl2FN6O2. The number of benzene rings is 2. The smallest absolute Gasteiger partial charge is 0.278 e. The van der Waals surface area contributed by atoms with Crippen LogP contribution in [0.1, 0.15) is 16.1 Å². The summed E-state index contributed by atoms with van der Waals surface area (Å²) in [5.74, 6) is -0.487. The van der Waals surface area contributed by atoms with E-state index in [1.165, 1.54) is 35.3 Å². The molecule has 0 aliphatic rings. The maximum absolute atomic E-state index is 13.2. The van der Waals surface area contributed by atoms with Crippen molar-refractivity contribution in [3.8, 4) is 5.75 Å². The van der Waals surface area contributed by atoms with E-state index in [1.807, 2.05) is 18.2 Å². The standard InChI is InChI=1S/C20H15Cl2FN6O2/c21-15-4-2-1-3-13(15)10-29-11-24-20(27-29)25-19(30)18-7-8-28(26-18)12-31-14-5-6-17(23)16(22)9-14/h1-9,11H,10,12H2,(H,25,27,30). The molecule has 0 spiro atoms. The van der Waals surface area contributed by atoms with Crippen LogP contribution in [-0.4, -0.2) is 30.5 Å². The number of amides is 1. The largest absolute Gasteiger partial charge is 0.471 e. The number of nitrogens with one attached hydrogen (secondary N) is 1. The molecule has 0 bridgehead atoms. The van der Waals surface area contributed by atoms with E-state index in [9.17, 15) is 9.18 Å². The SMILES string of the molecule is O=C(Nc1ncn(Cc2ccccc2Cl)n1)c1ccn(COc2ccc(F)c(Cl)c2)n1. The number of hydrogen-bond donors (Lipinski definition) is 1. The van der Waals surface area contributed by atoms with Gasteiger partial charge in [-0.3, -0.25) is 10.1 Å². The van der Waals surface area contributed by atoms with Crippen LogP contribution in [0.25, 0.3) is 0 Å². The first-order valence-electron chi connectivity index (χ1n) is 9.03. The van der Waals surface area contributed by atoms with Gasteiger partial charge in [-0.1, -0.05) is 41.4 Å². The Balaban J connectivity index is 1.34. The van der Waals surface area contributed by atoms with Gasteiger partial charge in [-0.25, -0.2) is 18.7 Å². The second-order valence-corrected chi connectivity index (χ2v) is 7.22. The zero-order valence-electron chi connectivity index (χ0n) is 15.9. The van der Waals surface area contributed by atoms with Gasteiger partial charge >= 0.3 is 0 Å². The number of carbonyl (C=O) groups is 1. The molecule has 0 saturated heterocycles. The average Bonchev–Trinajstić information content (AvgIpc) is 3.40. The Morgan fingerprint density at radius 1 is 1.06 bits per heavy atom. The van der Waals surface area contributed by atoms with E-state index >= 15 is 0 Å². The van der Waals surface area contributed by atoms with Crippen molar-refractivity contribution < 1.29 is 13.9 Å². The van der Waals surface area contributed by atoms with Gasteiger partial charge in [0.2, 0.25) is 5.95 Å². The Labute approximate surface area is 186 Å². The molecule has 11 heteroatoms. The van der Waals surface area contributed by atoms with Crippen LogP contribution in [0.5, 0.6) is 5.75 Å². The molecule has 0 aliphatic heterocycles. The quantitative estimate of drug-likeness (QED) is 0.445. The summed E-state index contributed by atoms with van der Waals surface area (Å²) in [5.41, 5.74) is 1.04. The molecule has 158 valence electrons. The van der Waals surface area contributed by atoms with Gasteiger partial charge in [0.1, 0.15) is 17.9 Å². The summed E-state index contributed by atoms with van der Waals surface area (Å²) in [4.78, 5) is 16.5. The van der Waals surface area contributed by atoms with Gasteiger partial charge in [0.25, 0.3) is 5.91 Å². The zero-order chi connectivity index (χ0) is 21.8. The first-order valence-corrected chi connectivity index (χ1v) is 9.79. The number of ether oxygens (including phenoxy) is 1. The van der Waals surface area contributed by atoms with Crippen LogP contribution in [0.4, 0.5) is 10.3 Å². The summed E-state index contributed by atoms with van der Waals surface area (Å²) >= 11 is 11.9. The summed E-state index contributed by atoms with van der Waals surface area (Å²) in [5, 5.41) is 11.5. The van der Waals surface area contributed by atoms with Crippen molar-refractivity contribution >= 4 is 35.1 Å². The third-order valence-electron chi connectivity index (χ3n) is 4.18. The van der Waals surface area contributed by atoms with Crippen molar-refractivity contribution in [3.05, 3.63) is 88.2 Å². The Morgan fingerprint density at radius 2 is 1.90 bits per heavy atom. The molecule has 0 aliphatic carbocycles. The molecule has 0 unspecified atom stereocenters. The lowest BCUT2D eigenvalue weighted by molar-refractivity contribution is 0.101. The van der Waals surface area contributed by atoms with Crippen LogP contribution >= 0.6 is 23.2 Å². The van der Waals surface area contributed by atoms with Gasteiger partial charge in [0.15, 0.2) is 12.4 Å². The molecule has 4 aromatic rings. The molecule has 8 nitrogen and oxygen atoms in total. The molecule has 2 aromatic carbocycles. The van der Waals surface area contributed by atoms with Crippen molar-refractivity contribution in [2.45, 2.75) is 13.3 Å². The zero-order valence-corrected chi connectivity index (χ0v) is 17.4. The highest BCUT2D eigenvalue weighted by Crippen LogP contribution is 2.21. The van der Waals surface area contributed by atoms with E-state index in [-0.39, 0.29) is 23.4 Å². The van der Waals surface area contributed by atoms with E-state index in [2.05, 4.69) is 20.5 Å². The summed E-state index contributed by atoms with van der Waals surface area (Å²) in [6.07, 6.45) is 3.07. The van der Waals surface area contributed by atoms with Crippen molar-refractivity contribution in [2.75, 3.05) is 5.32 Å². The molecule has 0 atom stereocenters. The van der Waals surface area contributed by atoms with Crippen LogP contribution in [-0.2, 0) is 13.3 Å². The number of carbonyl (C=O) groups excluding carboxylic acids is 1. The van der Waals surface area contributed by atoms with E-state index in [0.717, 1.165) is 5.56 Å². The first kappa shape index (κ1) is 20.8. The highest BCUT2D eigenvalue weighted by Gasteiger charge is 2.13. The minimum atomic E-state index is -0.532. The highest BCUT2D eigenvalue weighted by molar-refractivity contribution is 6.31. The third-order valence-corrected chi connectivity index (χ3v) is 4.84. The van der Waals surface area contributed by atoms with Crippen molar-refractivity contribution in [1.82, 2.24) is 24.5 Å². The molecular weight excluding hydrogens is 446 g/mol. The molecule has 2 aromatic heterocycles. The fourth-order valence-electron chi connectivity index (χ4n) is 2.66. The summed E-state index contributed by atoms with van der Waals surface area (Å²) < 4.78 is 21.7. The summed E-state index contributed by atoms with van der Waals surface area (Å²) in [6, 6.07) is 12.9. The van der Waals surface area contributed by atoms with Gasteiger partial charge in [-0.05, 0) is 29.8 Å². The van der Waals surface area contributed by atoms with Crippen molar-refractivity contribution in [3.63, 3.8) is 0 Å². The maximum atomic E-state index is 13.2. The van der Waals surface area contributed by atoms with E-state index in [4.69, 9.17) is 27.9 Å². The fourth-order valence-corrected chi connectivity index (χ4v) is 3.02. The second-order valence-electron chi connectivity index (χ2n) is 6.40. The monoisotopic (exact) mass is 460 g/mol. The van der Waals surface area contributed by atoms with Crippen molar-refractivity contribution in [1.29, 1.82) is 0 Å². The lowest BCUT2D eigenvalue weighted by Crippen LogP contribution is -2.15. The van der Waals surface area contributed by atoms with Gasteiger partial charge < -0.3 is 4.74 Å². The summed E-state index contributed by atoms with van der Waals surface area (Å²) in [6.45, 7) is 0.432. The number of halogens is 3. The number of anilines is 1. The lowest BCUT2D eigenvalue weighted by Gasteiger charge is -2.06. The molecule has 0 saturated carbocycles. The number of hydrogen-bond acceptors (Lipinski definition) is 5. The molecule has 0 fully saturated rings. The normalized spacial score (nSPS) is 10.8. The lowest BCUT2D eigenvalue weighted by atomic mass is 10.2. The van der Waals surface area contributed by atoms with Gasteiger partial charge in [0, 0.05) is 17.3 Å². The summed E-state index contributed by atoms with van der Waals surface area (Å²) in [7, 11) is 0. The topological polar surface area (TPSA) is 86.9 Å². The Morgan fingerprint density at radius 3 is 2.71 bits per heavy atom. The predicted octanol–water partition coefficient (Wildman–Crippen LogP) is 4.26. The average molecular weight is 461 g/mol. The van der Waals surface area contributed by atoms with Crippen LogP contribution in [0.2, 0.25) is 10.0 Å². The molecule has 1 N–H and O–H groups in total. The van der Waals surface area contributed by atoms with Gasteiger partial charge in [0.05, 0.1) is 11.6 Å². The third kappa shape index (κ3) is 5.19. The number of aromatic nitrogens is 5. The van der Waals surface area contributed by atoms with E-state index < -0.39 is 11.7 Å². The number of rotatable bonds is 7. The van der Waals surface area contributed by atoms with Gasteiger partial charge in [-0.15, -0.1) is 5.10 Å². The molecule has 4 rings (SSSR count). The fraction of sp³-hybridized carbons (Fsp3) is 0.100. The second kappa shape index (κ2) is 9.15. The molecule has 1 amide bonds. The van der Waals surface area contributed by atoms with Gasteiger partial charge in [-0.2, -0.15) is 5.10 Å². The van der Waals surface area contributed by atoms with Crippen LogP contribution in [0.3, 0.4) is 0 Å². The highest BCUT2D eigenvalue weighted by atomic mass is 35.5. The Bertz CT molecular complexity index is 1230. The maximum Gasteiger partial charge on any atom is 0.278 e. The van der Waals surface area contributed by atoms with E-state index in [1.54, 1.807) is 16.9 Å². The van der Waals surface area contributed by atoms with Crippen LogP contribution in [0, 0.1) is 5.82 Å².